The lowest BCUT2D eigenvalue weighted by Crippen LogP contribution is -2.33. The third kappa shape index (κ3) is 4.33. The number of rotatable bonds is 6. The van der Waals surface area contributed by atoms with Crippen molar-refractivity contribution in [3.05, 3.63) is 47.7 Å². The molecule has 0 saturated heterocycles. The number of carbonyl (C=O) groups is 1. The van der Waals surface area contributed by atoms with Crippen LogP contribution in [0, 0.1) is 6.92 Å². The lowest BCUT2D eigenvalue weighted by atomic mass is 9.96. The number of carbonyl (C=O) groups excluding carboxylic acids is 1. The minimum atomic E-state index is -0.276. The Morgan fingerprint density at radius 3 is 2.68 bits per heavy atom. The monoisotopic (exact) mass is 302 g/mol. The van der Waals surface area contributed by atoms with Crippen LogP contribution in [0.4, 0.5) is 10.6 Å². The van der Waals surface area contributed by atoms with Crippen LogP contribution < -0.4 is 10.6 Å². The summed E-state index contributed by atoms with van der Waals surface area (Å²) in [7, 11) is 1.78. The van der Waals surface area contributed by atoms with E-state index in [0.717, 1.165) is 11.3 Å². The van der Waals surface area contributed by atoms with E-state index < -0.39 is 0 Å². The fourth-order valence-electron chi connectivity index (χ4n) is 2.37. The summed E-state index contributed by atoms with van der Waals surface area (Å²) >= 11 is 0. The van der Waals surface area contributed by atoms with Gasteiger partial charge >= 0.3 is 6.03 Å². The van der Waals surface area contributed by atoms with E-state index in [0.29, 0.717) is 18.8 Å². The van der Waals surface area contributed by atoms with Gasteiger partial charge in [0.1, 0.15) is 5.82 Å². The Bertz CT molecular complexity index is 610. The molecule has 0 bridgehead atoms. The zero-order valence-corrected chi connectivity index (χ0v) is 12.9. The lowest BCUT2D eigenvalue weighted by Gasteiger charge is -2.17. The summed E-state index contributed by atoms with van der Waals surface area (Å²) in [6.07, 6.45) is 0.606. The molecule has 1 aromatic heterocycles. The number of aromatic nitrogens is 2. The van der Waals surface area contributed by atoms with Crippen molar-refractivity contribution in [1.29, 1.82) is 0 Å². The van der Waals surface area contributed by atoms with E-state index in [1.165, 1.54) is 0 Å². The molecule has 0 aliphatic carbocycles. The predicted molar refractivity (Wildman–Crippen MR) is 85.9 cm³/mol. The second kappa shape index (κ2) is 7.61. The highest BCUT2D eigenvalue weighted by Gasteiger charge is 2.13. The summed E-state index contributed by atoms with van der Waals surface area (Å²) < 4.78 is 1.62. The highest BCUT2D eigenvalue weighted by molar-refractivity contribution is 5.88. The number of hydrogen-bond donors (Lipinski definition) is 3. The van der Waals surface area contributed by atoms with E-state index in [-0.39, 0.29) is 18.6 Å². The van der Waals surface area contributed by atoms with Crippen LogP contribution in [-0.2, 0) is 7.05 Å². The molecule has 22 heavy (non-hydrogen) atoms. The van der Waals surface area contributed by atoms with Crippen molar-refractivity contribution in [3.8, 4) is 0 Å². The molecule has 118 valence electrons. The number of aliphatic hydroxyl groups excluding tert-OH is 1. The average Bonchev–Trinajstić information content (AvgIpc) is 2.82. The number of urea groups is 1. The Kier molecular flexibility index (Phi) is 5.55. The van der Waals surface area contributed by atoms with Crippen LogP contribution in [0.5, 0.6) is 0 Å². The molecule has 2 aromatic rings. The summed E-state index contributed by atoms with van der Waals surface area (Å²) in [4.78, 5) is 12.0. The standard InChI is InChI=1S/C16H22N4O2/c1-12-10-15(20(2)19-12)18-16(22)17-11-14(8-9-21)13-6-4-3-5-7-13/h3-7,10,14,21H,8-9,11H2,1-2H3,(H2,17,18,22). The minimum absolute atomic E-state index is 0.0871. The Balaban J connectivity index is 1.92. The maximum Gasteiger partial charge on any atom is 0.320 e. The van der Waals surface area contributed by atoms with Crippen LogP contribution >= 0.6 is 0 Å². The molecular formula is C16H22N4O2. The fourth-order valence-corrected chi connectivity index (χ4v) is 2.37. The summed E-state index contributed by atoms with van der Waals surface area (Å²) in [6.45, 7) is 2.42. The van der Waals surface area contributed by atoms with Gasteiger partial charge in [-0.3, -0.25) is 10.00 Å². The van der Waals surface area contributed by atoms with Crippen LogP contribution in [0.25, 0.3) is 0 Å². The van der Waals surface area contributed by atoms with Crippen molar-refractivity contribution in [2.24, 2.45) is 7.05 Å². The first-order valence-electron chi connectivity index (χ1n) is 7.31. The first-order valence-corrected chi connectivity index (χ1v) is 7.31. The normalized spacial score (nSPS) is 12.0. The van der Waals surface area contributed by atoms with E-state index in [2.05, 4.69) is 15.7 Å². The number of nitrogens with one attached hydrogen (secondary N) is 2. The number of aryl methyl sites for hydroxylation is 2. The molecule has 1 aromatic carbocycles. The largest absolute Gasteiger partial charge is 0.396 e. The molecule has 1 heterocycles. The Morgan fingerprint density at radius 2 is 2.09 bits per heavy atom. The van der Waals surface area contributed by atoms with Gasteiger partial charge in [0, 0.05) is 32.2 Å². The first kappa shape index (κ1) is 16.0. The van der Waals surface area contributed by atoms with E-state index in [9.17, 15) is 9.90 Å². The maximum atomic E-state index is 12.0. The van der Waals surface area contributed by atoms with Gasteiger partial charge in [-0.1, -0.05) is 30.3 Å². The summed E-state index contributed by atoms with van der Waals surface area (Å²) in [5, 5.41) is 19.0. The van der Waals surface area contributed by atoms with Gasteiger partial charge in [0.2, 0.25) is 0 Å². The molecule has 1 unspecified atom stereocenters. The molecule has 6 nitrogen and oxygen atoms in total. The van der Waals surface area contributed by atoms with Gasteiger partial charge in [-0.25, -0.2) is 4.79 Å². The van der Waals surface area contributed by atoms with Crippen molar-refractivity contribution in [1.82, 2.24) is 15.1 Å². The fraction of sp³-hybridized carbons (Fsp3) is 0.375. The van der Waals surface area contributed by atoms with E-state index >= 15 is 0 Å². The minimum Gasteiger partial charge on any atom is -0.396 e. The number of hydrogen-bond acceptors (Lipinski definition) is 3. The SMILES string of the molecule is Cc1cc(NC(=O)NCC(CCO)c2ccccc2)n(C)n1. The Labute approximate surface area is 130 Å². The molecule has 0 spiro atoms. The van der Waals surface area contributed by atoms with Gasteiger partial charge in [-0.2, -0.15) is 5.10 Å². The van der Waals surface area contributed by atoms with Gasteiger partial charge in [0.15, 0.2) is 0 Å². The molecule has 3 N–H and O–H groups in total. The molecule has 1 atom stereocenters. The summed E-state index contributed by atoms with van der Waals surface area (Å²) in [5.74, 6) is 0.735. The van der Waals surface area contributed by atoms with Crippen molar-refractivity contribution in [3.63, 3.8) is 0 Å². The molecule has 0 aliphatic rings. The number of aliphatic hydroxyl groups is 1. The quantitative estimate of drug-likeness (QED) is 0.764. The van der Waals surface area contributed by atoms with Crippen LogP contribution in [0.1, 0.15) is 23.6 Å². The van der Waals surface area contributed by atoms with Crippen LogP contribution in [0.15, 0.2) is 36.4 Å². The van der Waals surface area contributed by atoms with Gasteiger partial charge < -0.3 is 10.4 Å². The summed E-state index contributed by atoms with van der Waals surface area (Å²) in [6, 6.07) is 11.4. The van der Waals surface area contributed by atoms with Crippen LogP contribution in [0.2, 0.25) is 0 Å². The Hall–Kier alpha value is -2.34. The second-order valence-electron chi connectivity index (χ2n) is 5.25. The third-order valence-electron chi connectivity index (χ3n) is 3.50. The molecule has 2 rings (SSSR count). The summed E-state index contributed by atoms with van der Waals surface area (Å²) in [5.41, 5.74) is 1.95. The number of nitrogens with zero attached hydrogens (tertiary/aromatic N) is 2. The van der Waals surface area contributed by atoms with Crippen molar-refractivity contribution >= 4 is 11.8 Å². The third-order valence-corrected chi connectivity index (χ3v) is 3.50. The predicted octanol–water partition coefficient (Wildman–Crippen LogP) is 2.02. The first-order chi connectivity index (χ1) is 10.6. The molecule has 6 heteroatoms. The zero-order valence-electron chi connectivity index (χ0n) is 12.9. The number of anilines is 1. The highest BCUT2D eigenvalue weighted by atomic mass is 16.3. The topological polar surface area (TPSA) is 79.2 Å². The molecule has 0 radical (unpaired) electrons. The van der Waals surface area contributed by atoms with E-state index in [1.54, 1.807) is 11.7 Å². The van der Waals surface area contributed by atoms with Gasteiger partial charge in [0.25, 0.3) is 0 Å². The van der Waals surface area contributed by atoms with E-state index in [4.69, 9.17) is 0 Å². The van der Waals surface area contributed by atoms with E-state index in [1.807, 2.05) is 43.3 Å². The van der Waals surface area contributed by atoms with Crippen molar-refractivity contribution < 1.29 is 9.90 Å². The van der Waals surface area contributed by atoms with Crippen molar-refractivity contribution in [2.75, 3.05) is 18.5 Å². The molecule has 0 aliphatic heterocycles. The molecule has 2 amide bonds. The number of benzene rings is 1. The second-order valence-corrected chi connectivity index (χ2v) is 5.25. The Morgan fingerprint density at radius 1 is 1.36 bits per heavy atom. The average molecular weight is 302 g/mol. The molecular weight excluding hydrogens is 280 g/mol. The van der Waals surface area contributed by atoms with Gasteiger partial charge in [-0.15, -0.1) is 0 Å². The smallest absolute Gasteiger partial charge is 0.320 e. The van der Waals surface area contributed by atoms with Gasteiger partial charge in [-0.05, 0) is 18.9 Å². The maximum absolute atomic E-state index is 12.0. The molecule has 0 fully saturated rings. The van der Waals surface area contributed by atoms with Gasteiger partial charge in [0.05, 0.1) is 5.69 Å². The number of amides is 2. The van der Waals surface area contributed by atoms with Crippen LogP contribution in [0.3, 0.4) is 0 Å². The van der Waals surface area contributed by atoms with Crippen LogP contribution in [-0.4, -0.2) is 34.1 Å². The molecule has 0 saturated carbocycles. The lowest BCUT2D eigenvalue weighted by molar-refractivity contribution is 0.248. The zero-order chi connectivity index (χ0) is 15.9. The van der Waals surface area contributed by atoms with Crippen molar-refractivity contribution in [2.45, 2.75) is 19.3 Å². The highest BCUT2D eigenvalue weighted by Crippen LogP contribution is 2.18.